The van der Waals surface area contributed by atoms with Gasteiger partial charge in [-0.15, -0.1) is 0 Å². The lowest BCUT2D eigenvalue weighted by Gasteiger charge is -2.35. The van der Waals surface area contributed by atoms with E-state index in [0.717, 1.165) is 49.4 Å². The summed E-state index contributed by atoms with van der Waals surface area (Å²) in [5, 5.41) is 1.08. The zero-order valence-corrected chi connectivity index (χ0v) is 11.7. The topological polar surface area (TPSA) is 70.3 Å². The Morgan fingerprint density at radius 2 is 1.90 bits per heavy atom. The molecule has 1 aromatic carbocycles. The van der Waals surface area contributed by atoms with Gasteiger partial charge in [0.05, 0.1) is 5.52 Å². The zero-order valence-electron chi connectivity index (χ0n) is 11.7. The number of nitrogens with two attached hydrogens (primary N) is 1. The van der Waals surface area contributed by atoms with Gasteiger partial charge in [-0.2, -0.15) is 4.98 Å². The number of hydrogen-bond donors (Lipinski definition) is 2. The summed E-state index contributed by atoms with van der Waals surface area (Å²) in [7, 11) is 0. The molecule has 1 aliphatic rings. The van der Waals surface area contributed by atoms with Crippen LogP contribution in [-0.2, 0) is 0 Å². The SMILES string of the molecule is CCN1CCN(c2nc(NN)nc3ccccc23)CC1. The summed E-state index contributed by atoms with van der Waals surface area (Å²) in [6.07, 6.45) is 0. The summed E-state index contributed by atoms with van der Waals surface area (Å²) in [5.41, 5.74) is 3.48. The molecule has 1 saturated heterocycles. The first-order valence-corrected chi connectivity index (χ1v) is 7.02. The van der Waals surface area contributed by atoms with Gasteiger partial charge in [0.15, 0.2) is 0 Å². The maximum Gasteiger partial charge on any atom is 0.239 e. The van der Waals surface area contributed by atoms with Gasteiger partial charge in [0.25, 0.3) is 0 Å². The molecule has 6 heteroatoms. The van der Waals surface area contributed by atoms with E-state index >= 15 is 0 Å². The van der Waals surface area contributed by atoms with E-state index in [-0.39, 0.29) is 0 Å². The van der Waals surface area contributed by atoms with Crippen LogP contribution in [0.1, 0.15) is 6.92 Å². The smallest absolute Gasteiger partial charge is 0.239 e. The molecule has 1 fully saturated rings. The predicted molar refractivity (Wildman–Crippen MR) is 81.7 cm³/mol. The normalized spacial score (nSPS) is 16.6. The van der Waals surface area contributed by atoms with Crippen molar-refractivity contribution in [2.75, 3.05) is 43.0 Å². The van der Waals surface area contributed by atoms with E-state index in [4.69, 9.17) is 5.84 Å². The van der Waals surface area contributed by atoms with Crippen molar-refractivity contribution in [1.82, 2.24) is 14.9 Å². The number of nitrogens with one attached hydrogen (secondary N) is 1. The minimum atomic E-state index is 0.469. The number of fused-ring (bicyclic) bond motifs is 1. The van der Waals surface area contributed by atoms with Crippen molar-refractivity contribution in [2.45, 2.75) is 6.92 Å². The number of hydrogen-bond acceptors (Lipinski definition) is 6. The third-order valence-electron chi connectivity index (χ3n) is 3.83. The van der Waals surface area contributed by atoms with Gasteiger partial charge in [-0.05, 0) is 18.7 Å². The fourth-order valence-electron chi connectivity index (χ4n) is 2.64. The van der Waals surface area contributed by atoms with Crippen LogP contribution in [-0.4, -0.2) is 47.6 Å². The number of benzene rings is 1. The lowest BCUT2D eigenvalue weighted by molar-refractivity contribution is 0.271. The molecular formula is C14H20N6. The van der Waals surface area contributed by atoms with Crippen LogP contribution in [0.2, 0.25) is 0 Å². The fraction of sp³-hybridized carbons (Fsp3) is 0.429. The summed E-state index contributed by atoms with van der Waals surface area (Å²) in [6.45, 7) is 7.41. The summed E-state index contributed by atoms with van der Waals surface area (Å²) < 4.78 is 0. The maximum atomic E-state index is 5.48. The Hall–Kier alpha value is -1.92. The largest absolute Gasteiger partial charge is 0.353 e. The number of nitrogens with zero attached hydrogens (tertiary/aromatic N) is 4. The average Bonchev–Trinajstić information content (AvgIpc) is 2.54. The molecule has 0 amide bonds. The molecule has 1 aliphatic heterocycles. The van der Waals surface area contributed by atoms with Crippen molar-refractivity contribution < 1.29 is 0 Å². The van der Waals surface area contributed by atoms with Gasteiger partial charge < -0.3 is 9.80 Å². The molecule has 1 aromatic heterocycles. The van der Waals surface area contributed by atoms with Gasteiger partial charge >= 0.3 is 0 Å². The first kappa shape index (κ1) is 13.1. The van der Waals surface area contributed by atoms with Crippen LogP contribution in [0.4, 0.5) is 11.8 Å². The van der Waals surface area contributed by atoms with E-state index in [2.05, 4.69) is 38.2 Å². The molecule has 106 valence electrons. The number of hydrazine groups is 1. The maximum absolute atomic E-state index is 5.48. The van der Waals surface area contributed by atoms with Crippen LogP contribution in [0, 0.1) is 0 Å². The van der Waals surface area contributed by atoms with Crippen molar-refractivity contribution in [3.05, 3.63) is 24.3 Å². The van der Waals surface area contributed by atoms with E-state index in [0.29, 0.717) is 5.95 Å². The third-order valence-corrected chi connectivity index (χ3v) is 3.83. The highest BCUT2D eigenvalue weighted by Gasteiger charge is 2.19. The predicted octanol–water partition coefficient (Wildman–Crippen LogP) is 1.06. The Bertz CT molecular complexity index is 591. The highest BCUT2D eigenvalue weighted by Crippen LogP contribution is 2.25. The Kier molecular flexibility index (Phi) is 3.66. The second kappa shape index (κ2) is 5.60. The van der Waals surface area contributed by atoms with Crippen LogP contribution < -0.4 is 16.2 Å². The monoisotopic (exact) mass is 272 g/mol. The molecule has 0 radical (unpaired) electrons. The van der Waals surface area contributed by atoms with Gasteiger partial charge in [0.2, 0.25) is 5.95 Å². The van der Waals surface area contributed by atoms with Crippen molar-refractivity contribution >= 4 is 22.7 Å². The Balaban J connectivity index is 1.98. The standard InChI is InChI=1S/C14H20N6/c1-2-19-7-9-20(10-8-19)13-11-5-3-4-6-12(11)16-14(17-13)18-15/h3-6H,2,7-10,15H2,1H3,(H,16,17,18). The first-order chi connectivity index (χ1) is 9.81. The molecular weight excluding hydrogens is 252 g/mol. The minimum Gasteiger partial charge on any atom is -0.353 e. The molecule has 2 heterocycles. The fourth-order valence-corrected chi connectivity index (χ4v) is 2.64. The second-order valence-corrected chi connectivity index (χ2v) is 4.95. The van der Waals surface area contributed by atoms with Crippen molar-refractivity contribution in [2.24, 2.45) is 5.84 Å². The van der Waals surface area contributed by atoms with Crippen molar-refractivity contribution in [3.8, 4) is 0 Å². The van der Waals surface area contributed by atoms with E-state index in [1.54, 1.807) is 0 Å². The molecule has 0 bridgehead atoms. The number of rotatable bonds is 3. The molecule has 0 aliphatic carbocycles. The second-order valence-electron chi connectivity index (χ2n) is 4.95. The van der Waals surface area contributed by atoms with Crippen LogP contribution in [0.5, 0.6) is 0 Å². The van der Waals surface area contributed by atoms with E-state index in [1.807, 2.05) is 18.2 Å². The minimum absolute atomic E-state index is 0.469. The molecule has 2 aromatic rings. The van der Waals surface area contributed by atoms with Gasteiger partial charge in [0, 0.05) is 31.6 Å². The number of para-hydroxylation sites is 1. The summed E-state index contributed by atoms with van der Waals surface area (Å²) >= 11 is 0. The Morgan fingerprint density at radius 3 is 2.60 bits per heavy atom. The molecule has 0 atom stereocenters. The van der Waals surface area contributed by atoms with Crippen molar-refractivity contribution in [3.63, 3.8) is 0 Å². The van der Waals surface area contributed by atoms with E-state index in [1.165, 1.54) is 0 Å². The number of likely N-dealkylation sites (N-methyl/N-ethyl adjacent to an activating group) is 1. The van der Waals surface area contributed by atoms with Crippen molar-refractivity contribution in [1.29, 1.82) is 0 Å². The lowest BCUT2D eigenvalue weighted by Crippen LogP contribution is -2.46. The molecule has 0 unspecified atom stereocenters. The summed E-state index contributed by atoms with van der Waals surface area (Å²) in [5.74, 6) is 6.92. The Morgan fingerprint density at radius 1 is 1.15 bits per heavy atom. The molecule has 0 saturated carbocycles. The number of nitrogen functional groups attached to an aromatic ring is 1. The van der Waals surface area contributed by atoms with Gasteiger partial charge in [-0.1, -0.05) is 19.1 Å². The number of piperazine rings is 1. The number of anilines is 2. The lowest BCUT2D eigenvalue weighted by atomic mass is 10.2. The van der Waals surface area contributed by atoms with E-state index in [9.17, 15) is 0 Å². The molecule has 20 heavy (non-hydrogen) atoms. The molecule has 3 rings (SSSR count). The summed E-state index contributed by atoms with van der Waals surface area (Å²) in [6, 6.07) is 8.06. The zero-order chi connectivity index (χ0) is 13.9. The Labute approximate surface area is 118 Å². The highest BCUT2D eigenvalue weighted by atomic mass is 15.3. The summed E-state index contributed by atoms with van der Waals surface area (Å²) in [4.78, 5) is 13.7. The van der Waals surface area contributed by atoms with Crippen LogP contribution in [0.3, 0.4) is 0 Å². The van der Waals surface area contributed by atoms with Gasteiger partial charge in [-0.3, -0.25) is 5.43 Å². The third kappa shape index (κ3) is 2.39. The van der Waals surface area contributed by atoms with E-state index < -0.39 is 0 Å². The average molecular weight is 272 g/mol. The van der Waals surface area contributed by atoms with Gasteiger partial charge in [-0.25, -0.2) is 10.8 Å². The van der Waals surface area contributed by atoms with Crippen LogP contribution in [0.25, 0.3) is 10.9 Å². The van der Waals surface area contributed by atoms with Crippen LogP contribution in [0.15, 0.2) is 24.3 Å². The molecule has 6 nitrogen and oxygen atoms in total. The van der Waals surface area contributed by atoms with Gasteiger partial charge in [0.1, 0.15) is 5.82 Å². The first-order valence-electron chi connectivity index (χ1n) is 7.02. The quantitative estimate of drug-likeness (QED) is 0.643. The number of aromatic nitrogens is 2. The molecule has 0 spiro atoms. The molecule has 3 N–H and O–H groups in total. The van der Waals surface area contributed by atoms with Crippen LogP contribution >= 0.6 is 0 Å². The highest BCUT2D eigenvalue weighted by molar-refractivity contribution is 5.90.